The molecule has 0 aliphatic carbocycles. The quantitative estimate of drug-likeness (QED) is 0.679. The number of imidazole rings is 1. The number of fused-ring (bicyclic) bond motifs is 1. The number of aliphatic carboxylic acids is 1. The van der Waals surface area contributed by atoms with Crippen LogP contribution in [0.1, 0.15) is 11.3 Å². The van der Waals surface area contributed by atoms with Gasteiger partial charge in [0.2, 0.25) is 0 Å². The van der Waals surface area contributed by atoms with Gasteiger partial charge < -0.3 is 15.9 Å². The number of pyridine rings is 1. The molecule has 0 fully saturated rings. The molecule has 2 aromatic rings. The summed E-state index contributed by atoms with van der Waals surface area (Å²) in [5, 5.41) is 17.6. The van der Waals surface area contributed by atoms with E-state index in [-0.39, 0.29) is 13.0 Å². The van der Waals surface area contributed by atoms with E-state index in [0.717, 1.165) is 0 Å². The van der Waals surface area contributed by atoms with Gasteiger partial charge in [0.05, 0.1) is 18.7 Å². The van der Waals surface area contributed by atoms with E-state index in [0.29, 0.717) is 22.7 Å². The zero-order chi connectivity index (χ0) is 11.7. The summed E-state index contributed by atoms with van der Waals surface area (Å²) >= 11 is 0. The molecule has 0 amide bonds. The minimum Gasteiger partial charge on any atom is -0.481 e. The van der Waals surface area contributed by atoms with E-state index < -0.39 is 5.97 Å². The molecule has 0 saturated heterocycles. The molecule has 0 aliphatic rings. The van der Waals surface area contributed by atoms with Crippen LogP contribution in [0.15, 0.2) is 18.3 Å². The fourth-order valence-electron chi connectivity index (χ4n) is 1.52. The predicted octanol–water partition coefficient (Wildman–Crippen LogP) is 0.0359. The molecule has 4 N–H and O–H groups in total. The van der Waals surface area contributed by atoms with E-state index in [4.69, 9.17) is 15.9 Å². The third kappa shape index (κ3) is 1.70. The van der Waals surface area contributed by atoms with Crippen molar-refractivity contribution < 1.29 is 15.0 Å². The third-order valence-corrected chi connectivity index (χ3v) is 2.29. The van der Waals surface area contributed by atoms with Crippen molar-refractivity contribution >= 4 is 17.4 Å². The van der Waals surface area contributed by atoms with Crippen LogP contribution in [-0.2, 0) is 17.8 Å². The van der Waals surface area contributed by atoms with E-state index in [1.165, 1.54) is 0 Å². The number of carboxylic acid groups (broad SMARTS) is 1. The maximum atomic E-state index is 10.6. The Labute approximate surface area is 91.0 Å². The van der Waals surface area contributed by atoms with Gasteiger partial charge >= 0.3 is 5.97 Å². The van der Waals surface area contributed by atoms with Gasteiger partial charge in [0.15, 0.2) is 0 Å². The average Bonchev–Trinajstić information content (AvgIpc) is 2.55. The number of nitrogens with two attached hydrogens (primary N) is 1. The zero-order valence-electron chi connectivity index (χ0n) is 8.42. The minimum atomic E-state index is -0.975. The summed E-state index contributed by atoms with van der Waals surface area (Å²) < 4.78 is 1.57. The summed E-state index contributed by atoms with van der Waals surface area (Å²) in [5.74, 6) is -0.676. The maximum absolute atomic E-state index is 10.6. The highest BCUT2D eigenvalue weighted by atomic mass is 16.4. The average molecular weight is 221 g/mol. The highest BCUT2D eigenvalue weighted by Crippen LogP contribution is 2.16. The number of hydrogen-bond donors (Lipinski definition) is 3. The fraction of sp³-hybridized carbons (Fsp3) is 0.200. The standard InChI is InChI=1S/C10H11N3O3/c11-10-7(3-9(15)16)12-8-2-1-6(5-14)4-13(8)10/h1-2,4,14H,3,5,11H2,(H,15,16). The molecule has 6 heteroatoms. The first-order valence-corrected chi connectivity index (χ1v) is 4.70. The number of anilines is 1. The SMILES string of the molecule is Nc1c(CC(=O)O)nc2ccc(CO)cn12. The molecular formula is C10H11N3O3. The van der Waals surface area contributed by atoms with Gasteiger partial charge in [0.1, 0.15) is 11.5 Å². The van der Waals surface area contributed by atoms with Crippen LogP contribution in [0, 0.1) is 0 Å². The third-order valence-electron chi connectivity index (χ3n) is 2.29. The highest BCUT2D eigenvalue weighted by molar-refractivity contribution is 5.72. The number of hydrogen-bond acceptors (Lipinski definition) is 4. The Kier molecular flexibility index (Phi) is 2.49. The van der Waals surface area contributed by atoms with Crippen LogP contribution >= 0.6 is 0 Å². The summed E-state index contributed by atoms with van der Waals surface area (Å²) in [5.41, 5.74) is 7.37. The van der Waals surface area contributed by atoms with Gasteiger partial charge in [-0.1, -0.05) is 6.07 Å². The molecule has 0 aromatic carbocycles. The molecular weight excluding hydrogens is 210 g/mol. The number of aromatic nitrogens is 2. The van der Waals surface area contributed by atoms with Crippen molar-refractivity contribution in [2.45, 2.75) is 13.0 Å². The van der Waals surface area contributed by atoms with Gasteiger partial charge in [-0.3, -0.25) is 9.20 Å². The second kappa shape index (κ2) is 3.82. The Morgan fingerprint density at radius 1 is 1.50 bits per heavy atom. The lowest BCUT2D eigenvalue weighted by Gasteiger charge is -1.99. The normalized spacial score (nSPS) is 10.8. The monoisotopic (exact) mass is 221 g/mol. The molecule has 0 unspecified atom stereocenters. The molecule has 0 radical (unpaired) electrons. The Balaban J connectivity index is 2.54. The topological polar surface area (TPSA) is 101 Å². The predicted molar refractivity (Wildman–Crippen MR) is 56.9 cm³/mol. The van der Waals surface area contributed by atoms with Crippen LogP contribution in [-0.4, -0.2) is 25.6 Å². The van der Waals surface area contributed by atoms with Gasteiger partial charge in [-0.2, -0.15) is 0 Å². The van der Waals surface area contributed by atoms with Crippen molar-refractivity contribution in [2.24, 2.45) is 0 Å². The molecule has 6 nitrogen and oxygen atoms in total. The minimum absolute atomic E-state index is 0.0954. The molecule has 16 heavy (non-hydrogen) atoms. The lowest BCUT2D eigenvalue weighted by molar-refractivity contribution is -0.136. The summed E-state index contributed by atoms with van der Waals surface area (Å²) in [6.45, 7) is -0.0954. The van der Waals surface area contributed by atoms with Crippen LogP contribution < -0.4 is 5.73 Å². The van der Waals surface area contributed by atoms with Crippen LogP contribution in [0.25, 0.3) is 5.65 Å². The highest BCUT2D eigenvalue weighted by Gasteiger charge is 2.12. The molecule has 2 heterocycles. The first kappa shape index (κ1) is 10.4. The Morgan fingerprint density at radius 2 is 2.25 bits per heavy atom. The lowest BCUT2D eigenvalue weighted by Crippen LogP contribution is -2.04. The van der Waals surface area contributed by atoms with Crippen LogP contribution in [0.3, 0.4) is 0 Å². The van der Waals surface area contributed by atoms with Crippen LogP contribution in [0.5, 0.6) is 0 Å². The second-order valence-corrected chi connectivity index (χ2v) is 3.44. The number of aliphatic hydroxyl groups is 1. The summed E-state index contributed by atoms with van der Waals surface area (Å²) in [6, 6.07) is 3.40. The van der Waals surface area contributed by atoms with Crippen molar-refractivity contribution in [3.63, 3.8) is 0 Å². The molecule has 0 atom stereocenters. The largest absolute Gasteiger partial charge is 0.481 e. The lowest BCUT2D eigenvalue weighted by atomic mass is 10.3. The van der Waals surface area contributed by atoms with Gasteiger partial charge in [-0.05, 0) is 11.6 Å². The molecule has 0 bridgehead atoms. The smallest absolute Gasteiger partial charge is 0.309 e. The van der Waals surface area contributed by atoms with E-state index in [9.17, 15) is 4.79 Å². The molecule has 0 aliphatic heterocycles. The van der Waals surface area contributed by atoms with Crippen LogP contribution in [0.4, 0.5) is 5.82 Å². The number of nitrogen functional groups attached to an aromatic ring is 1. The molecule has 2 rings (SSSR count). The van der Waals surface area contributed by atoms with Gasteiger partial charge in [-0.15, -0.1) is 0 Å². The molecule has 84 valence electrons. The fourth-order valence-corrected chi connectivity index (χ4v) is 1.52. The molecule has 0 saturated carbocycles. The number of carboxylic acids is 1. The molecule has 0 spiro atoms. The van der Waals surface area contributed by atoms with Crippen molar-refractivity contribution in [1.82, 2.24) is 9.38 Å². The summed E-state index contributed by atoms with van der Waals surface area (Å²) in [7, 11) is 0. The molecule has 2 aromatic heterocycles. The number of rotatable bonds is 3. The second-order valence-electron chi connectivity index (χ2n) is 3.44. The maximum Gasteiger partial charge on any atom is 0.309 e. The van der Waals surface area contributed by atoms with Gasteiger partial charge in [-0.25, -0.2) is 4.98 Å². The van der Waals surface area contributed by atoms with Gasteiger partial charge in [0, 0.05) is 6.20 Å². The van der Waals surface area contributed by atoms with Crippen molar-refractivity contribution in [3.05, 3.63) is 29.6 Å². The van der Waals surface area contributed by atoms with E-state index in [1.54, 1.807) is 22.7 Å². The Morgan fingerprint density at radius 3 is 2.88 bits per heavy atom. The van der Waals surface area contributed by atoms with E-state index >= 15 is 0 Å². The summed E-state index contributed by atoms with van der Waals surface area (Å²) in [4.78, 5) is 14.7. The number of aliphatic hydroxyl groups excluding tert-OH is 1. The van der Waals surface area contributed by atoms with Crippen LogP contribution in [0.2, 0.25) is 0 Å². The van der Waals surface area contributed by atoms with Crippen molar-refractivity contribution in [2.75, 3.05) is 5.73 Å². The van der Waals surface area contributed by atoms with E-state index in [2.05, 4.69) is 4.98 Å². The number of carbonyl (C=O) groups is 1. The first-order chi connectivity index (χ1) is 7.61. The van der Waals surface area contributed by atoms with E-state index in [1.807, 2.05) is 0 Å². The first-order valence-electron chi connectivity index (χ1n) is 4.70. The van der Waals surface area contributed by atoms with Crippen molar-refractivity contribution in [3.8, 4) is 0 Å². The number of nitrogens with zero attached hydrogens (tertiary/aromatic N) is 2. The Bertz CT molecular complexity index is 547. The zero-order valence-corrected chi connectivity index (χ0v) is 8.42. The summed E-state index contributed by atoms with van der Waals surface area (Å²) in [6.07, 6.45) is 1.44. The van der Waals surface area contributed by atoms with Gasteiger partial charge in [0.25, 0.3) is 0 Å². The van der Waals surface area contributed by atoms with Crippen molar-refractivity contribution in [1.29, 1.82) is 0 Å². The Hall–Kier alpha value is -2.08.